The second-order valence-corrected chi connectivity index (χ2v) is 8.77. The van der Waals surface area contributed by atoms with Crippen molar-refractivity contribution in [3.8, 4) is 0 Å². The summed E-state index contributed by atoms with van der Waals surface area (Å²) in [6, 6.07) is 11.4. The quantitative estimate of drug-likeness (QED) is 0.710. The van der Waals surface area contributed by atoms with Crippen LogP contribution in [0.4, 0.5) is 5.13 Å². The molecule has 0 bridgehead atoms. The first-order chi connectivity index (χ1) is 12.5. The molecule has 2 aromatic rings. The molecule has 142 valence electrons. The molecule has 0 amide bonds. The molecule has 1 saturated heterocycles. The Hall–Kier alpha value is -1.14. The molecule has 1 aromatic carbocycles. The van der Waals surface area contributed by atoms with Gasteiger partial charge in [0, 0.05) is 39.8 Å². The molecule has 1 atom stereocenters. The molecule has 1 aliphatic heterocycles. The summed E-state index contributed by atoms with van der Waals surface area (Å²) in [6.45, 7) is 4.27. The fourth-order valence-electron chi connectivity index (χ4n) is 3.48. The first kappa shape index (κ1) is 19.6. The van der Waals surface area contributed by atoms with Gasteiger partial charge in [-0.2, -0.15) is 0 Å². The van der Waals surface area contributed by atoms with Gasteiger partial charge >= 0.3 is 0 Å². The summed E-state index contributed by atoms with van der Waals surface area (Å²) in [5.74, 6) is 0. The van der Waals surface area contributed by atoms with Crippen molar-refractivity contribution < 1.29 is 0 Å². The van der Waals surface area contributed by atoms with E-state index >= 15 is 0 Å². The van der Waals surface area contributed by atoms with Crippen LogP contribution in [0.15, 0.2) is 30.3 Å². The zero-order chi connectivity index (χ0) is 18.5. The molecule has 3 rings (SSSR count). The third-order valence-electron chi connectivity index (χ3n) is 5.09. The van der Waals surface area contributed by atoms with Crippen molar-refractivity contribution in [1.82, 2.24) is 14.8 Å². The number of halogens is 1. The van der Waals surface area contributed by atoms with Gasteiger partial charge in [-0.15, -0.1) is 0 Å². The minimum absolute atomic E-state index is 0.618. The Balaban J connectivity index is 1.53. The summed E-state index contributed by atoms with van der Waals surface area (Å²) < 4.78 is 0. The van der Waals surface area contributed by atoms with E-state index in [9.17, 15) is 0 Å². The highest BCUT2D eigenvalue weighted by Crippen LogP contribution is 2.30. The fraction of sp³-hybridized carbons (Fsp3) is 0.550. The van der Waals surface area contributed by atoms with Gasteiger partial charge in [-0.1, -0.05) is 53.3 Å². The van der Waals surface area contributed by atoms with Gasteiger partial charge in [0.25, 0.3) is 0 Å². The average molecular weight is 393 g/mol. The van der Waals surface area contributed by atoms with Gasteiger partial charge in [0.1, 0.15) is 5.15 Å². The van der Waals surface area contributed by atoms with Crippen molar-refractivity contribution in [3.05, 3.63) is 45.9 Å². The van der Waals surface area contributed by atoms with Crippen molar-refractivity contribution in [2.24, 2.45) is 0 Å². The van der Waals surface area contributed by atoms with E-state index in [1.165, 1.54) is 23.3 Å². The van der Waals surface area contributed by atoms with Crippen LogP contribution < -0.4 is 4.90 Å². The predicted molar refractivity (Wildman–Crippen MR) is 113 cm³/mol. The van der Waals surface area contributed by atoms with Gasteiger partial charge in [-0.3, -0.25) is 4.90 Å². The van der Waals surface area contributed by atoms with Crippen molar-refractivity contribution in [3.63, 3.8) is 0 Å². The van der Waals surface area contributed by atoms with Crippen LogP contribution in [0.25, 0.3) is 0 Å². The highest BCUT2D eigenvalue weighted by atomic mass is 35.5. The van der Waals surface area contributed by atoms with Crippen LogP contribution >= 0.6 is 22.9 Å². The number of hydrogen-bond donors (Lipinski definition) is 0. The molecule has 0 spiro atoms. The van der Waals surface area contributed by atoms with Gasteiger partial charge < -0.3 is 9.80 Å². The molecule has 0 saturated carbocycles. The number of piperidine rings is 1. The molecule has 0 N–H and O–H groups in total. The third kappa shape index (κ3) is 5.19. The van der Waals surface area contributed by atoms with Crippen LogP contribution in [0.1, 0.15) is 23.3 Å². The molecule has 1 aromatic heterocycles. The number of thiazole rings is 1. The minimum Gasteiger partial charge on any atom is -0.354 e. The summed E-state index contributed by atoms with van der Waals surface area (Å²) in [5, 5.41) is 1.65. The van der Waals surface area contributed by atoms with Crippen LogP contribution in [0.3, 0.4) is 0 Å². The van der Waals surface area contributed by atoms with Crippen LogP contribution in [0, 0.1) is 0 Å². The van der Waals surface area contributed by atoms with E-state index in [0.29, 0.717) is 11.2 Å². The standard InChI is InChI=1S/C20H29ClN4S/c1-23(2)20-22-19(21)18(26-20)15-25-12-7-10-17(14-25)24(3)13-11-16-8-5-4-6-9-16/h4-6,8-9,17H,7,10-15H2,1-3H3. The summed E-state index contributed by atoms with van der Waals surface area (Å²) in [7, 11) is 6.29. The summed E-state index contributed by atoms with van der Waals surface area (Å²) in [5.41, 5.74) is 1.42. The number of anilines is 1. The Morgan fingerprint density at radius 2 is 2.00 bits per heavy atom. The van der Waals surface area contributed by atoms with Gasteiger partial charge in [0.2, 0.25) is 0 Å². The normalized spacial score (nSPS) is 18.4. The molecular weight excluding hydrogens is 364 g/mol. The molecule has 0 radical (unpaired) electrons. The number of nitrogens with zero attached hydrogens (tertiary/aromatic N) is 4. The monoisotopic (exact) mass is 392 g/mol. The first-order valence-electron chi connectivity index (χ1n) is 9.32. The highest BCUT2D eigenvalue weighted by Gasteiger charge is 2.24. The SMILES string of the molecule is CN(C)c1nc(Cl)c(CN2CCCC(N(C)CCc3ccccc3)C2)s1. The lowest BCUT2D eigenvalue weighted by molar-refractivity contribution is 0.113. The van der Waals surface area contributed by atoms with Gasteiger partial charge in [0.15, 0.2) is 5.13 Å². The molecule has 26 heavy (non-hydrogen) atoms. The van der Waals surface area contributed by atoms with Crippen molar-refractivity contribution >= 4 is 28.1 Å². The second kappa shape index (κ2) is 9.18. The molecule has 0 aliphatic carbocycles. The Morgan fingerprint density at radius 3 is 2.69 bits per heavy atom. The smallest absolute Gasteiger partial charge is 0.186 e. The van der Waals surface area contributed by atoms with Gasteiger partial charge in [0.05, 0.1) is 4.88 Å². The topological polar surface area (TPSA) is 22.6 Å². The van der Waals surface area contributed by atoms with Gasteiger partial charge in [-0.05, 0) is 38.4 Å². The zero-order valence-electron chi connectivity index (χ0n) is 16.0. The Bertz CT molecular complexity index is 688. The predicted octanol–water partition coefficient (Wildman–Crippen LogP) is 4.00. The van der Waals surface area contributed by atoms with E-state index < -0.39 is 0 Å². The molecule has 1 aliphatic rings. The lowest BCUT2D eigenvalue weighted by Crippen LogP contribution is -2.46. The molecule has 1 unspecified atom stereocenters. The lowest BCUT2D eigenvalue weighted by Gasteiger charge is -2.37. The molecular formula is C20H29ClN4S. The lowest BCUT2D eigenvalue weighted by atomic mass is 10.0. The van der Waals surface area contributed by atoms with Crippen molar-refractivity contribution in [2.45, 2.75) is 31.8 Å². The zero-order valence-corrected chi connectivity index (χ0v) is 17.6. The largest absolute Gasteiger partial charge is 0.354 e. The summed E-state index contributed by atoms with van der Waals surface area (Å²) >= 11 is 8.07. The second-order valence-electron chi connectivity index (χ2n) is 7.35. The van der Waals surface area contributed by atoms with E-state index in [4.69, 9.17) is 11.6 Å². The Kier molecular flexibility index (Phi) is 6.92. The maximum Gasteiger partial charge on any atom is 0.186 e. The number of benzene rings is 1. The number of likely N-dealkylation sites (tertiary alicyclic amines) is 1. The van der Waals surface area contributed by atoms with E-state index in [2.05, 4.69) is 52.2 Å². The Labute approximate surface area is 166 Å². The summed E-state index contributed by atoms with van der Waals surface area (Å²) in [4.78, 5) is 12.7. The highest BCUT2D eigenvalue weighted by molar-refractivity contribution is 7.16. The van der Waals surface area contributed by atoms with Crippen LogP contribution in [0.2, 0.25) is 5.15 Å². The van der Waals surface area contributed by atoms with Crippen LogP contribution in [-0.2, 0) is 13.0 Å². The number of rotatable bonds is 7. The molecule has 4 nitrogen and oxygen atoms in total. The van der Waals surface area contributed by atoms with E-state index in [1.54, 1.807) is 11.3 Å². The number of likely N-dealkylation sites (N-methyl/N-ethyl adjacent to an activating group) is 1. The van der Waals surface area contributed by atoms with E-state index in [1.807, 2.05) is 19.0 Å². The van der Waals surface area contributed by atoms with Crippen LogP contribution in [-0.4, -0.2) is 61.6 Å². The molecule has 6 heteroatoms. The third-order valence-corrected chi connectivity index (χ3v) is 6.72. The van der Waals surface area contributed by atoms with Crippen LogP contribution in [0.5, 0.6) is 0 Å². The van der Waals surface area contributed by atoms with Gasteiger partial charge in [-0.25, -0.2) is 4.98 Å². The van der Waals surface area contributed by atoms with Crippen molar-refractivity contribution in [2.75, 3.05) is 45.7 Å². The maximum absolute atomic E-state index is 6.36. The summed E-state index contributed by atoms with van der Waals surface area (Å²) in [6.07, 6.45) is 3.64. The van der Waals surface area contributed by atoms with E-state index in [0.717, 1.165) is 37.7 Å². The molecule has 2 heterocycles. The fourth-order valence-corrected chi connectivity index (χ4v) is 4.70. The number of aromatic nitrogens is 1. The Morgan fingerprint density at radius 1 is 1.23 bits per heavy atom. The number of hydrogen-bond acceptors (Lipinski definition) is 5. The maximum atomic E-state index is 6.36. The first-order valence-corrected chi connectivity index (χ1v) is 10.5. The minimum atomic E-state index is 0.618. The molecule has 1 fully saturated rings. The van der Waals surface area contributed by atoms with Crippen molar-refractivity contribution in [1.29, 1.82) is 0 Å². The average Bonchev–Trinajstić information content (AvgIpc) is 3.02. The van der Waals surface area contributed by atoms with E-state index in [-0.39, 0.29) is 0 Å².